The van der Waals surface area contributed by atoms with Crippen molar-refractivity contribution >= 4 is 43.0 Å². The fourth-order valence-electron chi connectivity index (χ4n) is 5.03. The van der Waals surface area contributed by atoms with E-state index in [0.717, 1.165) is 40.9 Å². The van der Waals surface area contributed by atoms with E-state index in [1.54, 1.807) is 12.3 Å². The summed E-state index contributed by atoms with van der Waals surface area (Å²) in [5, 5.41) is 5.64. The third kappa shape index (κ3) is 5.18. The largest absolute Gasteiger partial charge is 0.356 e. The van der Waals surface area contributed by atoms with Crippen molar-refractivity contribution in [2.45, 2.75) is 52.6 Å². The highest BCUT2D eigenvalue weighted by atomic mass is 28.2. The van der Waals surface area contributed by atoms with Crippen LogP contribution < -0.4 is 15.4 Å². The quantitative estimate of drug-likeness (QED) is 0.330. The molecule has 0 aliphatic carbocycles. The van der Waals surface area contributed by atoms with Gasteiger partial charge in [-0.25, -0.2) is 9.37 Å². The number of pyridine rings is 1. The number of benzene rings is 2. The highest BCUT2D eigenvalue weighted by Gasteiger charge is 2.24. The van der Waals surface area contributed by atoms with Crippen molar-refractivity contribution in [3.8, 4) is 0 Å². The number of hydrogen-bond donors (Lipinski definition) is 1. The molecule has 5 rings (SSSR count). The van der Waals surface area contributed by atoms with Gasteiger partial charge in [-0.05, 0) is 72.3 Å². The average molecular weight is 513 g/mol. The second-order valence-corrected chi connectivity index (χ2v) is 13.2. The first-order valence-corrected chi connectivity index (χ1v) is 13.8. The Kier molecular flexibility index (Phi) is 6.66. The van der Waals surface area contributed by atoms with Gasteiger partial charge in [-0.15, -0.1) is 0 Å². The molecular weight excluding hydrogens is 479 g/mol. The Labute approximate surface area is 220 Å². The van der Waals surface area contributed by atoms with Gasteiger partial charge in [0.25, 0.3) is 5.91 Å². The van der Waals surface area contributed by atoms with Crippen LogP contribution in [0.3, 0.4) is 0 Å². The minimum atomic E-state index is -0.283. The maximum atomic E-state index is 14.0. The van der Waals surface area contributed by atoms with E-state index in [2.05, 4.69) is 55.0 Å². The van der Waals surface area contributed by atoms with Crippen LogP contribution in [0, 0.1) is 19.7 Å². The number of hydrogen-bond acceptors (Lipinski definition) is 3. The SMILES string of the molecule is Cc1c([Si]C(C)(C)C)ccc2c1c(C)c(C(=O)Nc1ccc(N3CCC3)nc1)n2Cc1cccc(F)c1. The second kappa shape index (κ2) is 9.78. The Morgan fingerprint density at radius 3 is 2.49 bits per heavy atom. The summed E-state index contributed by atoms with van der Waals surface area (Å²) in [5.41, 5.74) is 5.18. The molecule has 0 atom stereocenters. The molecule has 3 heterocycles. The molecule has 190 valence electrons. The van der Waals surface area contributed by atoms with Crippen LogP contribution in [0.4, 0.5) is 15.9 Å². The van der Waals surface area contributed by atoms with Gasteiger partial charge >= 0.3 is 0 Å². The summed E-state index contributed by atoms with van der Waals surface area (Å²) in [6, 6.07) is 14.7. The summed E-state index contributed by atoms with van der Waals surface area (Å²) in [4.78, 5) is 20.5. The summed E-state index contributed by atoms with van der Waals surface area (Å²) < 4.78 is 16.1. The lowest BCUT2D eigenvalue weighted by Crippen LogP contribution is -2.37. The molecule has 2 aromatic carbocycles. The topological polar surface area (TPSA) is 50.2 Å². The van der Waals surface area contributed by atoms with E-state index in [9.17, 15) is 9.18 Å². The van der Waals surface area contributed by atoms with E-state index >= 15 is 0 Å². The normalized spacial score (nSPS) is 13.6. The molecule has 0 spiro atoms. The van der Waals surface area contributed by atoms with Gasteiger partial charge < -0.3 is 14.8 Å². The van der Waals surface area contributed by atoms with Crippen LogP contribution >= 0.6 is 0 Å². The molecule has 0 saturated carbocycles. The van der Waals surface area contributed by atoms with Gasteiger partial charge in [-0.1, -0.05) is 44.2 Å². The van der Waals surface area contributed by atoms with Crippen molar-refractivity contribution in [2.75, 3.05) is 23.3 Å². The highest BCUT2D eigenvalue weighted by Crippen LogP contribution is 2.31. The Bertz CT molecular complexity index is 1470. The van der Waals surface area contributed by atoms with Crippen molar-refractivity contribution in [2.24, 2.45) is 0 Å². The molecule has 1 fully saturated rings. The average Bonchev–Trinajstić information content (AvgIpc) is 3.07. The predicted molar refractivity (Wildman–Crippen MR) is 151 cm³/mol. The van der Waals surface area contributed by atoms with E-state index in [-0.39, 0.29) is 16.8 Å². The van der Waals surface area contributed by atoms with Crippen molar-refractivity contribution < 1.29 is 9.18 Å². The number of carbonyl (C=O) groups excluding carboxylic acids is 1. The Balaban J connectivity index is 1.56. The predicted octanol–water partition coefficient (Wildman–Crippen LogP) is 5.85. The van der Waals surface area contributed by atoms with Crippen LogP contribution in [0.5, 0.6) is 0 Å². The number of rotatable bonds is 6. The molecule has 1 amide bonds. The zero-order valence-corrected chi connectivity index (χ0v) is 23.2. The lowest BCUT2D eigenvalue weighted by atomic mass is 10.1. The number of nitrogens with one attached hydrogen (secondary N) is 1. The maximum Gasteiger partial charge on any atom is 0.272 e. The fourth-order valence-corrected chi connectivity index (χ4v) is 6.32. The Morgan fingerprint density at radius 2 is 1.86 bits per heavy atom. The molecule has 1 aliphatic heterocycles. The number of carbonyl (C=O) groups is 1. The zero-order valence-electron chi connectivity index (χ0n) is 22.2. The van der Waals surface area contributed by atoms with Gasteiger partial charge in [0.2, 0.25) is 0 Å². The molecule has 2 radical (unpaired) electrons. The molecule has 7 heteroatoms. The van der Waals surface area contributed by atoms with Gasteiger partial charge in [0.15, 0.2) is 0 Å². The molecular formula is C30H33FN4OSi. The Morgan fingerprint density at radius 1 is 1.08 bits per heavy atom. The van der Waals surface area contributed by atoms with Crippen molar-refractivity contribution in [3.63, 3.8) is 0 Å². The van der Waals surface area contributed by atoms with Crippen LogP contribution in [-0.2, 0) is 6.54 Å². The molecule has 1 N–H and O–H groups in total. The summed E-state index contributed by atoms with van der Waals surface area (Å²) in [7, 11) is 0.652. The smallest absolute Gasteiger partial charge is 0.272 e. The van der Waals surface area contributed by atoms with E-state index in [1.165, 1.54) is 29.3 Å². The van der Waals surface area contributed by atoms with Crippen LogP contribution in [0.1, 0.15) is 54.4 Å². The van der Waals surface area contributed by atoms with Gasteiger partial charge in [0.1, 0.15) is 17.3 Å². The number of halogens is 1. The van der Waals surface area contributed by atoms with Crippen LogP contribution in [0.25, 0.3) is 10.9 Å². The van der Waals surface area contributed by atoms with E-state index in [0.29, 0.717) is 27.4 Å². The molecule has 0 bridgehead atoms. The monoisotopic (exact) mass is 512 g/mol. The third-order valence-electron chi connectivity index (χ3n) is 6.87. The molecule has 0 unspecified atom stereocenters. The molecule has 1 saturated heterocycles. The summed E-state index contributed by atoms with van der Waals surface area (Å²) in [6.45, 7) is 13.4. The number of aryl methyl sites for hydroxylation is 2. The van der Waals surface area contributed by atoms with E-state index in [1.807, 2.05) is 29.7 Å². The van der Waals surface area contributed by atoms with E-state index < -0.39 is 0 Å². The Hall–Kier alpha value is -3.45. The minimum Gasteiger partial charge on any atom is -0.356 e. The summed E-state index contributed by atoms with van der Waals surface area (Å²) in [6.07, 6.45) is 2.90. The van der Waals surface area contributed by atoms with E-state index in [4.69, 9.17) is 0 Å². The number of amides is 1. The van der Waals surface area contributed by atoms with Crippen LogP contribution in [0.2, 0.25) is 5.04 Å². The number of aromatic nitrogens is 2. The van der Waals surface area contributed by atoms with Gasteiger partial charge in [0.05, 0.1) is 21.4 Å². The third-order valence-corrected chi connectivity index (χ3v) is 8.44. The highest BCUT2D eigenvalue weighted by molar-refractivity contribution is 6.57. The number of anilines is 2. The summed E-state index contributed by atoms with van der Waals surface area (Å²) >= 11 is 0. The first-order chi connectivity index (χ1) is 17.6. The van der Waals surface area contributed by atoms with Crippen LogP contribution in [0.15, 0.2) is 54.7 Å². The lowest BCUT2D eigenvalue weighted by molar-refractivity contribution is 0.101. The van der Waals surface area contributed by atoms with Gasteiger partial charge in [-0.2, -0.15) is 0 Å². The number of fused-ring (bicyclic) bond motifs is 1. The zero-order chi connectivity index (χ0) is 26.3. The van der Waals surface area contributed by atoms with Crippen molar-refractivity contribution in [1.82, 2.24) is 9.55 Å². The molecule has 5 nitrogen and oxygen atoms in total. The maximum absolute atomic E-state index is 14.0. The molecule has 2 aromatic heterocycles. The van der Waals surface area contributed by atoms with Gasteiger partial charge in [0, 0.05) is 30.5 Å². The minimum absolute atomic E-state index is 0.173. The molecule has 4 aromatic rings. The standard InChI is InChI=1S/C30H33FN4OSi/c1-19-25(37-30(3,4)5)12-11-24-27(19)20(2)28(35(24)18-21-8-6-9-22(31)16-21)29(36)33-23-10-13-26(32-17-23)34-14-7-15-34/h6,8-13,16-17H,7,14-15,18H2,1-5H3,(H,33,36). The van der Waals surface area contributed by atoms with Crippen LogP contribution in [-0.4, -0.2) is 38.1 Å². The lowest BCUT2D eigenvalue weighted by Gasteiger charge is -2.31. The first kappa shape index (κ1) is 25.2. The van der Waals surface area contributed by atoms with Gasteiger partial charge in [-0.3, -0.25) is 4.79 Å². The number of nitrogens with zero attached hydrogens (tertiary/aromatic N) is 3. The molecule has 37 heavy (non-hydrogen) atoms. The molecule has 1 aliphatic rings. The summed E-state index contributed by atoms with van der Waals surface area (Å²) in [5.74, 6) is 0.459. The first-order valence-electron chi connectivity index (χ1n) is 12.8. The van der Waals surface area contributed by atoms with Crippen molar-refractivity contribution in [1.29, 1.82) is 0 Å². The second-order valence-electron chi connectivity index (χ2n) is 10.9. The van der Waals surface area contributed by atoms with Crippen molar-refractivity contribution in [3.05, 3.63) is 82.9 Å². The fraction of sp³-hybridized carbons (Fsp3) is 0.333.